The maximum atomic E-state index is 4.71. The number of thiophene rings is 2. The van der Waals surface area contributed by atoms with E-state index in [1.807, 2.05) is 28.7 Å². The molecule has 1 aliphatic rings. The molecule has 0 aliphatic heterocycles. The monoisotopic (exact) mass is 381 g/mol. The van der Waals surface area contributed by atoms with Crippen molar-refractivity contribution in [3.8, 4) is 20.2 Å². The second-order valence-corrected chi connectivity index (χ2v) is 8.93. The van der Waals surface area contributed by atoms with Crippen molar-refractivity contribution >= 4 is 45.7 Å². The summed E-state index contributed by atoms with van der Waals surface area (Å²) in [6, 6.07) is 15.4. The van der Waals surface area contributed by atoms with E-state index < -0.39 is 0 Å². The van der Waals surface area contributed by atoms with Crippen molar-refractivity contribution in [2.75, 3.05) is 0 Å². The van der Waals surface area contributed by atoms with Crippen LogP contribution in [0.1, 0.15) is 42.0 Å². The molecule has 3 aromatic rings. The molecule has 0 radical (unpaired) electrons. The van der Waals surface area contributed by atoms with Crippen molar-refractivity contribution in [2.45, 2.75) is 38.5 Å². The van der Waals surface area contributed by atoms with Crippen molar-refractivity contribution in [1.29, 1.82) is 0 Å². The van der Waals surface area contributed by atoms with Gasteiger partial charge in [-0.3, -0.25) is 0 Å². The van der Waals surface area contributed by atoms with Crippen LogP contribution in [-0.2, 0) is 0 Å². The van der Waals surface area contributed by atoms with E-state index in [0.717, 1.165) is 17.2 Å². The van der Waals surface area contributed by atoms with E-state index in [2.05, 4.69) is 53.5 Å². The summed E-state index contributed by atoms with van der Waals surface area (Å²) in [4.78, 5) is 9.74. The second-order valence-electron chi connectivity index (χ2n) is 6.55. The molecule has 0 unspecified atom stereocenters. The summed E-state index contributed by atoms with van der Waals surface area (Å²) in [6.07, 6.45) is 5.52. The normalized spacial score (nSPS) is 14.6. The van der Waals surface area contributed by atoms with Crippen LogP contribution in [0, 0.1) is 6.92 Å². The van der Waals surface area contributed by atoms with Gasteiger partial charge in [0.1, 0.15) is 0 Å². The lowest BCUT2D eigenvalue weighted by atomic mass is 10.1. The molecular weight excluding hydrogens is 362 g/mol. The van der Waals surface area contributed by atoms with Crippen LogP contribution in [0.25, 0.3) is 20.2 Å². The lowest BCUT2D eigenvalue weighted by molar-refractivity contribution is 0.738. The van der Waals surface area contributed by atoms with Crippen LogP contribution in [0.15, 0.2) is 47.5 Å². The van der Waals surface area contributed by atoms with Gasteiger partial charge < -0.3 is 0 Å². The highest BCUT2D eigenvalue weighted by atomic mass is 32.1. The summed E-state index contributed by atoms with van der Waals surface area (Å²) in [6.45, 7) is 2.07. The highest BCUT2D eigenvalue weighted by Crippen LogP contribution is 2.43. The third-order valence-electron chi connectivity index (χ3n) is 4.88. The fraction of sp³-hybridized carbons (Fsp3) is 0.286. The van der Waals surface area contributed by atoms with Crippen LogP contribution in [0.2, 0.25) is 0 Å². The Balaban J connectivity index is 1.60. The zero-order valence-electron chi connectivity index (χ0n) is 14.1. The summed E-state index contributed by atoms with van der Waals surface area (Å²) in [5.74, 6) is 0.801. The zero-order chi connectivity index (χ0) is 17.2. The van der Waals surface area contributed by atoms with Crippen molar-refractivity contribution in [3.63, 3.8) is 0 Å². The smallest absolute Gasteiger partial charge is 0.0769 e. The standard InChI is InChI=1S/C21H19NS3/c1-14-12-16(6-7-17(14)22-13-23)19-9-11-21(25-19)20-10-8-18(24-20)15-4-2-3-5-15/h6-12,15H,2-5H2,1H3. The van der Waals surface area contributed by atoms with Crippen LogP contribution < -0.4 is 0 Å². The Kier molecular flexibility index (Phi) is 4.96. The predicted octanol–water partition coefficient (Wildman–Crippen LogP) is 7.84. The molecule has 0 spiro atoms. The highest BCUT2D eigenvalue weighted by molar-refractivity contribution is 7.78. The number of nitrogens with zero attached hydrogens (tertiary/aromatic N) is 1. The first-order valence-electron chi connectivity index (χ1n) is 8.63. The van der Waals surface area contributed by atoms with E-state index in [0.29, 0.717) is 0 Å². The zero-order valence-corrected chi connectivity index (χ0v) is 16.6. The van der Waals surface area contributed by atoms with Gasteiger partial charge in [0.15, 0.2) is 0 Å². The summed E-state index contributed by atoms with van der Waals surface area (Å²) < 4.78 is 0. The lowest BCUT2D eigenvalue weighted by Crippen LogP contribution is -1.85. The van der Waals surface area contributed by atoms with Gasteiger partial charge in [-0.2, -0.15) is 4.99 Å². The largest absolute Gasteiger partial charge is 0.194 e. The van der Waals surface area contributed by atoms with Gasteiger partial charge in [0.05, 0.1) is 10.8 Å². The summed E-state index contributed by atoms with van der Waals surface area (Å²) in [7, 11) is 0. The number of hydrogen-bond donors (Lipinski definition) is 0. The molecule has 25 heavy (non-hydrogen) atoms. The van der Waals surface area contributed by atoms with Gasteiger partial charge in [0.25, 0.3) is 0 Å². The molecule has 0 atom stereocenters. The average Bonchev–Trinajstić information content (AvgIpc) is 3.36. The third-order valence-corrected chi connectivity index (χ3v) is 7.55. The lowest BCUT2D eigenvalue weighted by Gasteiger charge is -2.04. The number of thiocarbonyl (C=S) groups is 1. The van der Waals surface area contributed by atoms with Crippen molar-refractivity contribution in [1.82, 2.24) is 0 Å². The van der Waals surface area contributed by atoms with Crippen LogP contribution >= 0.6 is 34.9 Å². The molecule has 4 heteroatoms. The number of aryl methyl sites for hydroxylation is 1. The third kappa shape index (κ3) is 3.54. The Labute approximate surface area is 162 Å². The number of aliphatic imine (C=N–C) groups is 1. The molecule has 0 saturated heterocycles. The molecular formula is C21H19NS3. The van der Waals surface area contributed by atoms with E-state index >= 15 is 0 Å². The predicted molar refractivity (Wildman–Crippen MR) is 114 cm³/mol. The summed E-state index contributed by atoms with van der Waals surface area (Å²) in [5.41, 5.74) is 3.27. The van der Waals surface area contributed by atoms with Crippen molar-refractivity contribution < 1.29 is 0 Å². The minimum Gasteiger partial charge on any atom is -0.194 e. The molecule has 4 rings (SSSR count). The van der Waals surface area contributed by atoms with Gasteiger partial charge in [-0.15, -0.1) is 22.7 Å². The minimum absolute atomic E-state index is 0.801. The quantitative estimate of drug-likeness (QED) is 0.331. The number of hydrogen-bond acceptors (Lipinski definition) is 4. The second kappa shape index (κ2) is 7.35. The Morgan fingerprint density at radius 2 is 1.68 bits per heavy atom. The Morgan fingerprint density at radius 3 is 2.44 bits per heavy atom. The molecule has 1 saturated carbocycles. The fourth-order valence-corrected chi connectivity index (χ4v) is 5.89. The molecule has 126 valence electrons. The van der Waals surface area contributed by atoms with Gasteiger partial charge in [-0.1, -0.05) is 18.9 Å². The molecule has 2 heterocycles. The molecule has 1 aliphatic carbocycles. The van der Waals surface area contributed by atoms with Gasteiger partial charge in [-0.25, -0.2) is 0 Å². The van der Waals surface area contributed by atoms with E-state index in [-0.39, 0.29) is 0 Å². The Hall–Kier alpha value is -1.58. The molecule has 1 nitrogen and oxygen atoms in total. The van der Waals surface area contributed by atoms with E-state index in [9.17, 15) is 0 Å². The SMILES string of the molecule is Cc1cc(-c2ccc(-c3ccc(C4CCCC4)s3)s2)ccc1N=C=S. The van der Waals surface area contributed by atoms with Crippen LogP contribution in [0.5, 0.6) is 0 Å². The van der Waals surface area contributed by atoms with Gasteiger partial charge >= 0.3 is 0 Å². The van der Waals surface area contributed by atoms with Crippen LogP contribution in [0.4, 0.5) is 5.69 Å². The maximum Gasteiger partial charge on any atom is 0.0769 e. The summed E-state index contributed by atoms with van der Waals surface area (Å²) in [5, 5.41) is 2.45. The average molecular weight is 382 g/mol. The van der Waals surface area contributed by atoms with E-state index in [4.69, 9.17) is 12.2 Å². The van der Waals surface area contributed by atoms with Gasteiger partial charge in [0.2, 0.25) is 0 Å². The first kappa shape index (κ1) is 16.9. The molecule has 2 aromatic heterocycles. The molecule has 0 N–H and O–H groups in total. The van der Waals surface area contributed by atoms with Crippen LogP contribution in [0.3, 0.4) is 0 Å². The number of isothiocyanates is 1. The van der Waals surface area contributed by atoms with E-state index in [1.165, 1.54) is 45.9 Å². The van der Waals surface area contributed by atoms with Gasteiger partial charge in [0, 0.05) is 19.5 Å². The number of rotatable bonds is 4. The first-order valence-corrected chi connectivity index (χ1v) is 10.7. The van der Waals surface area contributed by atoms with Gasteiger partial charge in [-0.05, 0) is 85.4 Å². The maximum absolute atomic E-state index is 4.71. The molecule has 0 amide bonds. The first-order chi connectivity index (χ1) is 12.2. The minimum atomic E-state index is 0.801. The number of benzene rings is 1. The van der Waals surface area contributed by atoms with Crippen molar-refractivity contribution in [3.05, 3.63) is 52.9 Å². The van der Waals surface area contributed by atoms with Crippen molar-refractivity contribution in [2.24, 2.45) is 4.99 Å². The topological polar surface area (TPSA) is 12.4 Å². The summed E-state index contributed by atoms with van der Waals surface area (Å²) >= 11 is 8.55. The Morgan fingerprint density at radius 1 is 0.960 bits per heavy atom. The molecule has 1 aromatic carbocycles. The fourth-order valence-electron chi connectivity index (χ4n) is 3.52. The van der Waals surface area contributed by atoms with Crippen LogP contribution in [-0.4, -0.2) is 5.16 Å². The highest BCUT2D eigenvalue weighted by Gasteiger charge is 2.19. The van der Waals surface area contributed by atoms with E-state index in [1.54, 1.807) is 4.88 Å². The Bertz CT molecular complexity index is 938. The molecule has 1 fully saturated rings. The molecule has 0 bridgehead atoms.